The van der Waals surface area contributed by atoms with Crippen molar-refractivity contribution in [1.82, 2.24) is 5.43 Å². The van der Waals surface area contributed by atoms with E-state index in [0.717, 1.165) is 5.56 Å². The number of benzene rings is 2. The highest BCUT2D eigenvalue weighted by atomic mass is 35.5. The van der Waals surface area contributed by atoms with Crippen molar-refractivity contribution in [3.63, 3.8) is 0 Å². The van der Waals surface area contributed by atoms with Crippen LogP contribution in [0.1, 0.15) is 11.3 Å². The highest BCUT2D eigenvalue weighted by Crippen LogP contribution is 2.31. The van der Waals surface area contributed by atoms with Gasteiger partial charge < -0.3 is 9.15 Å². The van der Waals surface area contributed by atoms with Crippen LogP contribution >= 0.6 is 11.6 Å². The summed E-state index contributed by atoms with van der Waals surface area (Å²) >= 11 is 5.82. The van der Waals surface area contributed by atoms with Gasteiger partial charge in [-0.3, -0.25) is 14.9 Å². The Morgan fingerprint density at radius 1 is 1.24 bits per heavy atom. The Morgan fingerprint density at radius 3 is 2.69 bits per heavy atom. The second kappa shape index (κ2) is 9.03. The summed E-state index contributed by atoms with van der Waals surface area (Å²) in [4.78, 5) is 22.4. The van der Waals surface area contributed by atoms with Crippen LogP contribution in [-0.4, -0.2) is 24.2 Å². The summed E-state index contributed by atoms with van der Waals surface area (Å²) in [5.74, 6) is 1.22. The standard InChI is InChI=1S/C20H16ClN3O5/c1-28-15-5-2-13(3-6-15)10-20(25)23-22-12-16-7-9-19(29-16)14-4-8-17(21)18(11-14)24(26)27/h2-9,11-12H,10H2,1H3,(H,23,25)/b22-12-. The summed E-state index contributed by atoms with van der Waals surface area (Å²) in [6.45, 7) is 0. The summed E-state index contributed by atoms with van der Waals surface area (Å²) < 4.78 is 10.7. The normalized spacial score (nSPS) is 10.8. The summed E-state index contributed by atoms with van der Waals surface area (Å²) in [6.07, 6.45) is 1.51. The van der Waals surface area contributed by atoms with Gasteiger partial charge in [0.15, 0.2) is 0 Å². The highest BCUT2D eigenvalue weighted by Gasteiger charge is 2.15. The van der Waals surface area contributed by atoms with E-state index in [9.17, 15) is 14.9 Å². The molecule has 0 saturated carbocycles. The average molecular weight is 414 g/mol. The maximum Gasteiger partial charge on any atom is 0.288 e. The molecule has 0 bridgehead atoms. The maximum atomic E-state index is 12.0. The predicted molar refractivity (Wildman–Crippen MR) is 108 cm³/mol. The number of hydrogen-bond acceptors (Lipinski definition) is 6. The third kappa shape index (κ3) is 5.20. The molecule has 1 heterocycles. The van der Waals surface area contributed by atoms with E-state index in [1.807, 2.05) is 0 Å². The Hall–Kier alpha value is -3.65. The molecule has 0 aliphatic rings. The van der Waals surface area contributed by atoms with Gasteiger partial charge in [-0.15, -0.1) is 0 Å². The quantitative estimate of drug-likeness (QED) is 0.354. The van der Waals surface area contributed by atoms with Gasteiger partial charge in [0.25, 0.3) is 5.69 Å². The van der Waals surface area contributed by atoms with Crippen LogP contribution in [0.3, 0.4) is 0 Å². The van der Waals surface area contributed by atoms with Crippen LogP contribution in [0.2, 0.25) is 5.02 Å². The van der Waals surface area contributed by atoms with Gasteiger partial charge >= 0.3 is 0 Å². The number of nitrogens with zero attached hydrogens (tertiary/aromatic N) is 2. The number of furan rings is 1. The monoisotopic (exact) mass is 413 g/mol. The number of carbonyl (C=O) groups excluding carboxylic acids is 1. The molecule has 2 aromatic carbocycles. The minimum Gasteiger partial charge on any atom is -0.497 e. The molecular formula is C20H16ClN3O5. The summed E-state index contributed by atoms with van der Waals surface area (Å²) in [6, 6.07) is 14.8. The van der Waals surface area contributed by atoms with E-state index in [1.165, 1.54) is 18.3 Å². The first-order chi connectivity index (χ1) is 14.0. The average Bonchev–Trinajstić information content (AvgIpc) is 3.17. The molecule has 29 heavy (non-hydrogen) atoms. The Bertz CT molecular complexity index is 1060. The minimum atomic E-state index is -0.560. The summed E-state index contributed by atoms with van der Waals surface area (Å²) in [7, 11) is 1.57. The van der Waals surface area contributed by atoms with Crippen molar-refractivity contribution >= 4 is 29.4 Å². The fourth-order valence-electron chi connectivity index (χ4n) is 2.52. The molecule has 0 saturated heterocycles. The number of nitro groups is 1. The topological polar surface area (TPSA) is 107 Å². The molecule has 1 N–H and O–H groups in total. The van der Waals surface area contributed by atoms with Crippen LogP contribution in [0, 0.1) is 10.1 Å². The fraction of sp³-hybridized carbons (Fsp3) is 0.100. The number of methoxy groups -OCH3 is 1. The first-order valence-electron chi connectivity index (χ1n) is 8.45. The molecule has 8 nitrogen and oxygen atoms in total. The lowest BCUT2D eigenvalue weighted by molar-refractivity contribution is -0.384. The Labute approximate surface area is 170 Å². The van der Waals surface area contributed by atoms with E-state index in [-0.39, 0.29) is 23.0 Å². The largest absolute Gasteiger partial charge is 0.497 e. The van der Waals surface area contributed by atoms with Gasteiger partial charge in [-0.05, 0) is 42.0 Å². The lowest BCUT2D eigenvalue weighted by atomic mass is 10.1. The van der Waals surface area contributed by atoms with Gasteiger partial charge in [-0.2, -0.15) is 5.10 Å². The molecule has 148 valence electrons. The SMILES string of the molecule is COc1ccc(CC(=O)N/N=C\c2ccc(-c3ccc(Cl)c([N+](=O)[O-])c3)o2)cc1. The van der Waals surface area contributed by atoms with Crippen molar-refractivity contribution in [3.8, 4) is 17.1 Å². The second-order valence-electron chi connectivity index (χ2n) is 5.94. The van der Waals surface area contributed by atoms with Crippen LogP contribution in [0.5, 0.6) is 5.75 Å². The third-order valence-corrected chi connectivity index (χ3v) is 4.28. The number of halogens is 1. The van der Waals surface area contributed by atoms with Gasteiger partial charge in [0.1, 0.15) is 22.3 Å². The van der Waals surface area contributed by atoms with Crippen LogP contribution in [-0.2, 0) is 11.2 Å². The molecule has 1 amide bonds. The van der Waals surface area contributed by atoms with Gasteiger partial charge in [0.05, 0.1) is 24.7 Å². The van der Waals surface area contributed by atoms with Gasteiger partial charge in [-0.1, -0.05) is 23.7 Å². The van der Waals surface area contributed by atoms with Gasteiger partial charge in [0.2, 0.25) is 5.91 Å². The summed E-state index contributed by atoms with van der Waals surface area (Å²) in [5.41, 5.74) is 3.54. The van der Waals surface area contributed by atoms with E-state index in [4.69, 9.17) is 20.8 Å². The molecule has 1 aromatic heterocycles. The van der Waals surface area contributed by atoms with Gasteiger partial charge in [0, 0.05) is 11.6 Å². The molecule has 3 aromatic rings. The first-order valence-corrected chi connectivity index (χ1v) is 8.83. The number of nitrogens with one attached hydrogen (secondary N) is 1. The maximum absolute atomic E-state index is 12.0. The van der Waals surface area contributed by atoms with E-state index < -0.39 is 4.92 Å². The predicted octanol–water partition coefficient (Wildman–Crippen LogP) is 4.21. The number of carbonyl (C=O) groups is 1. The Morgan fingerprint density at radius 2 is 2.00 bits per heavy atom. The molecule has 0 aliphatic heterocycles. The van der Waals surface area contributed by atoms with E-state index >= 15 is 0 Å². The molecule has 9 heteroatoms. The number of amides is 1. The van der Waals surface area contributed by atoms with Crippen molar-refractivity contribution in [2.75, 3.05) is 7.11 Å². The minimum absolute atomic E-state index is 0.0478. The van der Waals surface area contributed by atoms with Crippen LogP contribution < -0.4 is 10.2 Å². The van der Waals surface area contributed by atoms with Crippen molar-refractivity contribution in [2.45, 2.75) is 6.42 Å². The lowest BCUT2D eigenvalue weighted by Gasteiger charge is -2.02. The Kier molecular flexibility index (Phi) is 6.25. The first kappa shape index (κ1) is 20.1. The van der Waals surface area contributed by atoms with Crippen LogP contribution in [0.25, 0.3) is 11.3 Å². The van der Waals surface area contributed by atoms with Crippen molar-refractivity contribution < 1.29 is 18.9 Å². The number of hydrazone groups is 1. The zero-order valence-electron chi connectivity index (χ0n) is 15.3. The van der Waals surface area contributed by atoms with E-state index in [1.54, 1.807) is 49.6 Å². The van der Waals surface area contributed by atoms with Crippen LogP contribution in [0.15, 0.2) is 64.1 Å². The van der Waals surface area contributed by atoms with E-state index in [2.05, 4.69) is 10.5 Å². The van der Waals surface area contributed by atoms with Crippen molar-refractivity contribution in [2.24, 2.45) is 5.10 Å². The molecule has 3 rings (SSSR count). The van der Waals surface area contributed by atoms with Crippen LogP contribution in [0.4, 0.5) is 5.69 Å². The summed E-state index contributed by atoms with van der Waals surface area (Å²) in [5, 5.41) is 14.9. The number of hydrogen-bond donors (Lipinski definition) is 1. The molecule has 0 unspecified atom stereocenters. The lowest BCUT2D eigenvalue weighted by Crippen LogP contribution is -2.19. The molecule has 0 fully saturated rings. The zero-order valence-corrected chi connectivity index (χ0v) is 16.1. The number of ether oxygens (including phenoxy) is 1. The Balaban J connectivity index is 1.61. The highest BCUT2D eigenvalue weighted by molar-refractivity contribution is 6.32. The number of rotatable bonds is 7. The molecule has 0 radical (unpaired) electrons. The second-order valence-corrected chi connectivity index (χ2v) is 6.35. The van der Waals surface area contributed by atoms with E-state index in [0.29, 0.717) is 22.8 Å². The zero-order chi connectivity index (χ0) is 20.8. The molecule has 0 aliphatic carbocycles. The fourth-order valence-corrected chi connectivity index (χ4v) is 2.71. The molecule has 0 spiro atoms. The van der Waals surface area contributed by atoms with Gasteiger partial charge in [-0.25, -0.2) is 5.43 Å². The van der Waals surface area contributed by atoms with Crippen molar-refractivity contribution in [3.05, 3.63) is 81.1 Å². The molecular weight excluding hydrogens is 398 g/mol. The number of nitro benzene ring substituents is 1. The third-order valence-electron chi connectivity index (χ3n) is 3.96. The smallest absolute Gasteiger partial charge is 0.288 e. The van der Waals surface area contributed by atoms with Crippen molar-refractivity contribution in [1.29, 1.82) is 0 Å². The molecule has 0 atom stereocenters.